The van der Waals surface area contributed by atoms with Crippen LogP contribution in [-0.2, 0) is 52.2 Å². The number of nitrogens with one attached hydrogen (secondary N) is 1. The van der Waals surface area contributed by atoms with Crippen LogP contribution in [0.5, 0.6) is 0 Å². The molecular weight excluding hydrogens is 788 g/mol. The van der Waals surface area contributed by atoms with Crippen molar-refractivity contribution in [1.29, 1.82) is 0 Å². The molecule has 1 unspecified atom stereocenters. The molecule has 18 nitrogen and oxygen atoms in total. The number of aliphatic hydroxyl groups excluding tert-OH is 3. The number of aliphatic hydroxyl groups is 5. The number of hydrogen-bond acceptors (Lipinski definition) is 18. The monoisotopic (exact) mass is 865 g/mol. The third kappa shape index (κ3) is 10.6. The van der Waals surface area contributed by atoms with Gasteiger partial charge in [-0.1, -0.05) is 13.8 Å². The van der Waals surface area contributed by atoms with Crippen LogP contribution in [0.4, 0.5) is 0 Å². The molecule has 4 rings (SSSR count). The van der Waals surface area contributed by atoms with Crippen LogP contribution in [0.2, 0.25) is 0 Å². The first kappa shape index (κ1) is 51.2. The molecule has 18 heteroatoms. The summed E-state index contributed by atoms with van der Waals surface area (Å²) in [5.41, 5.74) is -9.19. The Morgan fingerprint density at radius 2 is 1.58 bits per heavy atom. The average molecular weight is 865 g/mol. The third-order valence-corrected chi connectivity index (χ3v) is 13.4. The van der Waals surface area contributed by atoms with Crippen molar-refractivity contribution in [3.63, 3.8) is 0 Å². The number of hydrogen-bond donors (Lipinski definition) is 6. The zero-order valence-electron chi connectivity index (χ0n) is 38.2. The van der Waals surface area contributed by atoms with Gasteiger partial charge in [0.25, 0.3) is 0 Å². The molecule has 0 saturated carbocycles. The highest BCUT2D eigenvalue weighted by atomic mass is 16.7. The van der Waals surface area contributed by atoms with Gasteiger partial charge in [-0.2, -0.15) is 0 Å². The van der Waals surface area contributed by atoms with Crippen molar-refractivity contribution in [1.82, 2.24) is 10.2 Å². The van der Waals surface area contributed by atoms with E-state index in [1.165, 1.54) is 35.0 Å². The number of carbonyl (C=O) groups is 2. The molecule has 0 aromatic rings. The maximum absolute atomic E-state index is 15.0. The van der Waals surface area contributed by atoms with Gasteiger partial charge in [-0.3, -0.25) is 14.9 Å². The highest BCUT2D eigenvalue weighted by molar-refractivity contribution is 5.96. The Morgan fingerprint density at radius 3 is 2.17 bits per heavy atom. The highest BCUT2D eigenvalue weighted by Gasteiger charge is 2.64. The van der Waals surface area contributed by atoms with Gasteiger partial charge in [-0.05, 0) is 82.3 Å². The molecule has 350 valence electrons. The first-order valence-corrected chi connectivity index (χ1v) is 21.3. The minimum atomic E-state index is -2.25. The fraction of sp³-hybridized carbons (Fsp3) is 0.952. The van der Waals surface area contributed by atoms with Crippen LogP contribution in [0.25, 0.3) is 0 Å². The molecule has 4 heterocycles. The van der Waals surface area contributed by atoms with Crippen LogP contribution in [0.3, 0.4) is 0 Å². The number of methoxy groups -OCH3 is 2. The van der Waals surface area contributed by atoms with Gasteiger partial charge in [-0.25, -0.2) is 0 Å². The van der Waals surface area contributed by atoms with Crippen LogP contribution >= 0.6 is 0 Å². The van der Waals surface area contributed by atoms with E-state index in [-0.39, 0.29) is 51.2 Å². The van der Waals surface area contributed by atoms with Gasteiger partial charge in [0.1, 0.15) is 36.2 Å². The first-order valence-electron chi connectivity index (χ1n) is 21.3. The normalized spacial score (nSPS) is 48.7. The van der Waals surface area contributed by atoms with Gasteiger partial charge < -0.3 is 73.1 Å². The van der Waals surface area contributed by atoms with E-state index in [1.54, 1.807) is 41.5 Å². The van der Waals surface area contributed by atoms with Crippen LogP contribution in [0.1, 0.15) is 94.9 Å². The van der Waals surface area contributed by atoms with Crippen molar-refractivity contribution in [2.24, 2.45) is 11.8 Å². The van der Waals surface area contributed by atoms with Gasteiger partial charge in [0.15, 0.2) is 24.0 Å². The number of ketones is 1. The Balaban J connectivity index is 1.92. The standard InChI is InChI=1S/C42H76N2O16/c1-15-27-41(9,51)37(49)42(10)36(48)38(6,43-28(60-42)20-54-17-16-52-13)21-39(7,50)33(59-35-30(45)26(44(11)12)18-22(2)55-35)23(3)31(24(4)34(47)57-27)58-29-19-40(8,53-14)32(46)25(5)56-29/h22-33,35,37,43,45-46,49-51H,15-21H2,1-14H3/t22-,23-,24+,25-,26+,27-,28?,29+,30-,31-,32-,33+,35+,37-,38-,39+,40+,41+,42+/m1/s1. The van der Waals surface area contributed by atoms with Crippen LogP contribution in [0, 0.1) is 11.8 Å². The van der Waals surface area contributed by atoms with Gasteiger partial charge >= 0.3 is 5.97 Å². The Bertz CT molecular complexity index is 1440. The van der Waals surface area contributed by atoms with Gasteiger partial charge in [0.2, 0.25) is 0 Å². The zero-order chi connectivity index (χ0) is 45.3. The quantitative estimate of drug-likeness (QED) is 0.117. The molecule has 4 aliphatic rings. The van der Waals surface area contributed by atoms with Crippen LogP contribution in [-0.4, -0.2) is 192 Å². The van der Waals surface area contributed by atoms with E-state index in [1.807, 2.05) is 25.9 Å². The van der Waals surface area contributed by atoms with Crippen molar-refractivity contribution in [3.8, 4) is 0 Å². The lowest BCUT2D eigenvalue weighted by atomic mass is 9.68. The molecule has 0 spiro atoms. The Morgan fingerprint density at radius 1 is 0.933 bits per heavy atom. The molecule has 0 amide bonds. The summed E-state index contributed by atoms with van der Waals surface area (Å²) in [7, 11) is 6.67. The second kappa shape index (κ2) is 19.7. The number of cyclic esters (lactones) is 1. The summed E-state index contributed by atoms with van der Waals surface area (Å²) in [5, 5.41) is 63.2. The fourth-order valence-electron chi connectivity index (χ4n) is 9.90. The third-order valence-electron chi connectivity index (χ3n) is 13.4. The second-order valence-electron chi connectivity index (χ2n) is 18.9. The zero-order valence-corrected chi connectivity index (χ0v) is 38.2. The molecule has 19 atom stereocenters. The minimum absolute atomic E-state index is 0.0306. The summed E-state index contributed by atoms with van der Waals surface area (Å²) in [5.74, 6) is -3.64. The lowest BCUT2D eigenvalue weighted by Gasteiger charge is -2.54. The number of ether oxygens (including phenoxy) is 9. The summed E-state index contributed by atoms with van der Waals surface area (Å²) < 4.78 is 54.9. The Hall–Kier alpha value is -1.46. The summed E-state index contributed by atoms with van der Waals surface area (Å²) in [4.78, 5) is 31.3. The van der Waals surface area contributed by atoms with E-state index in [0.717, 1.165) is 0 Å². The van der Waals surface area contributed by atoms with E-state index < -0.39 is 113 Å². The number of nitrogens with zero attached hydrogens (tertiary/aromatic N) is 1. The molecule has 4 saturated heterocycles. The predicted octanol–water partition coefficient (Wildman–Crippen LogP) is 0.640. The minimum Gasteiger partial charge on any atom is -0.459 e. The molecule has 2 bridgehead atoms. The van der Waals surface area contributed by atoms with Crippen molar-refractivity contribution in [2.45, 2.75) is 197 Å². The summed E-state index contributed by atoms with van der Waals surface area (Å²) in [6, 6.07) is -0.384. The average Bonchev–Trinajstić information content (AvgIpc) is 3.17. The lowest BCUT2D eigenvalue weighted by Crippen LogP contribution is -2.77. The Labute approximate surface area is 355 Å². The van der Waals surface area contributed by atoms with E-state index in [2.05, 4.69) is 5.32 Å². The van der Waals surface area contributed by atoms with Gasteiger partial charge in [0.05, 0.1) is 66.9 Å². The molecule has 60 heavy (non-hydrogen) atoms. The first-order chi connectivity index (χ1) is 27.7. The van der Waals surface area contributed by atoms with E-state index in [0.29, 0.717) is 6.42 Å². The maximum atomic E-state index is 15.0. The fourth-order valence-corrected chi connectivity index (χ4v) is 9.90. The molecule has 0 aromatic heterocycles. The van der Waals surface area contributed by atoms with Crippen molar-refractivity contribution < 1.29 is 77.8 Å². The summed E-state index contributed by atoms with van der Waals surface area (Å²) >= 11 is 0. The van der Waals surface area contributed by atoms with Gasteiger partial charge in [0, 0.05) is 39.0 Å². The Kier molecular flexibility index (Phi) is 16.8. The molecule has 4 aliphatic heterocycles. The van der Waals surface area contributed by atoms with Gasteiger partial charge in [-0.15, -0.1) is 0 Å². The highest BCUT2D eigenvalue weighted by Crippen LogP contribution is 2.44. The largest absolute Gasteiger partial charge is 0.459 e. The molecular formula is C42H76N2O16. The van der Waals surface area contributed by atoms with Crippen molar-refractivity contribution in [2.75, 3.05) is 48.1 Å². The summed E-state index contributed by atoms with van der Waals surface area (Å²) in [6.07, 6.45) is -12.3. The molecule has 0 aromatic carbocycles. The van der Waals surface area contributed by atoms with Crippen LogP contribution in [0.15, 0.2) is 0 Å². The molecule has 4 fully saturated rings. The smallest absolute Gasteiger partial charge is 0.311 e. The number of fused-ring (bicyclic) bond motifs is 2. The second-order valence-corrected chi connectivity index (χ2v) is 18.9. The van der Waals surface area contributed by atoms with E-state index in [4.69, 9.17) is 42.6 Å². The van der Waals surface area contributed by atoms with Crippen LogP contribution < -0.4 is 5.32 Å². The van der Waals surface area contributed by atoms with E-state index in [9.17, 15) is 30.3 Å². The van der Waals surface area contributed by atoms with Crippen molar-refractivity contribution in [3.05, 3.63) is 0 Å². The number of carbonyl (C=O) groups excluding carboxylic acids is 2. The molecule has 6 N–H and O–H groups in total. The predicted molar refractivity (Wildman–Crippen MR) is 215 cm³/mol. The SMILES string of the molecule is CC[C@H]1OC(=O)[C@@H](C)[C@H](O[C@H]2C[C@](C)(OC)[C@H](O)[C@@H](C)O2)[C@@H](C)[C@H](O[C@@H]2O[C@H](C)C[C@H](N(C)C)[C@H]2O)[C@@](C)(O)C[C@@]2(C)NC(COCCOC)O[C@@](C)(C2=O)[C@H](O)[C@@]1(C)O. The topological polar surface area (TPSA) is 234 Å². The number of Topliss-reactive ketones (excluding diaryl/α,β-unsaturated/α-hetero) is 1. The summed E-state index contributed by atoms with van der Waals surface area (Å²) in [6.45, 7) is 16.2. The molecule has 0 aliphatic carbocycles. The maximum Gasteiger partial charge on any atom is 0.311 e. The number of likely N-dealkylation sites (N-methyl/N-ethyl adjacent to an activating group) is 1. The van der Waals surface area contributed by atoms with E-state index >= 15 is 4.79 Å². The van der Waals surface area contributed by atoms with Crippen molar-refractivity contribution >= 4 is 11.8 Å². The number of esters is 1. The lowest BCUT2D eigenvalue weighted by molar-refractivity contribution is -0.319. The number of rotatable bonds is 12. The molecule has 0 radical (unpaired) electrons.